The number of hydrogen-bond donors (Lipinski definition) is 1. The van der Waals surface area contributed by atoms with Gasteiger partial charge >= 0.3 is 0 Å². The van der Waals surface area contributed by atoms with Crippen LogP contribution >= 0.6 is 11.8 Å². The number of anilines is 2. The molecule has 3 heterocycles. The molecule has 6 nitrogen and oxygen atoms in total. The molecule has 27 heavy (non-hydrogen) atoms. The lowest BCUT2D eigenvalue weighted by Crippen LogP contribution is -2.34. The molecule has 2 aromatic rings. The van der Waals surface area contributed by atoms with Crippen molar-refractivity contribution in [3.05, 3.63) is 48.0 Å². The fraction of sp³-hybridized carbons (Fsp3) is 0.421. The van der Waals surface area contributed by atoms with Crippen molar-refractivity contribution >= 4 is 29.3 Å². The largest absolute Gasteiger partial charge is 0.358 e. The molecule has 0 saturated carbocycles. The molecular weight excluding hydrogens is 365 g/mol. The van der Waals surface area contributed by atoms with Gasteiger partial charge in [0.25, 0.3) is 0 Å². The number of aromatic nitrogens is 2. The van der Waals surface area contributed by atoms with Gasteiger partial charge in [-0.1, -0.05) is 12.1 Å². The molecule has 0 radical (unpaired) electrons. The van der Waals surface area contributed by atoms with Gasteiger partial charge < -0.3 is 15.1 Å². The molecule has 2 fully saturated rings. The van der Waals surface area contributed by atoms with Gasteiger partial charge in [0.05, 0.1) is 0 Å². The highest BCUT2D eigenvalue weighted by Crippen LogP contribution is 2.22. The molecule has 1 atom stereocenters. The highest BCUT2D eigenvalue weighted by molar-refractivity contribution is 7.99. The lowest BCUT2D eigenvalue weighted by atomic mass is 10.2. The van der Waals surface area contributed by atoms with Crippen LogP contribution in [0.4, 0.5) is 16.0 Å². The van der Waals surface area contributed by atoms with Crippen molar-refractivity contribution in [2.24, 2.45) is 0 Å². The second kappa shape index (κ2) is 8.12. The summed E-state index contributed by atoms with van der Waals surface area (Å²) in [5.41, 5.74) is 0.928. The minimum absolute atomic E-state index is 0.0499. The van der Waals surface area contributed by atoms with Crippen molar-refractivity contribution in [3.63, 3.8) is 0 Å². The van der Waals surface area contributed by atoms with E-state index >= 15 is 0 Å². The van der Waals surface area contributed by atoms with Crippen LogP contribution in [-0.2, 0) is 11.3 Å². The van der Waals surface area contributed by atoms with Crippen molar-refractivity contribution < 1.29 is 9.18 Å². The zero-order valence-corrected chi connectivity index (χ0v) is 15.8. The summed E-state index contributed by atoms with van der Waals surface area (Å²) >= 11 is 1.95. The van der Waals surface area contributed by atoms with Gasteiger partial charge in [-0.15, -0.1) is 0 Å². The molecule has 2 saturated heterocycles. The van der Waals surface area contributed by atoms with E-state index in [9.17, 15) is 9.18 Å². The molecule has 4 rings (SSSR count). The molecule has 1 unspecified atom stereocenters. The molecule has 1 aromatic carbocycles. The summed E-state index contributed by atoms with van der Waals surface area (Å²) < 4.78 is 13.0. The molecule has 0 spiro atoms. The second-order valence-corrected chi connectivity index (χ2v) is 7.96. The van der Waals surface area contributed by atoms with E-state index in [4.69, 9.17) is 0 Å². The van der Waals surface area contributed by atoms with Gasteiger partial charge in [0.2, 0.25) is 5.91 Å². The summed E-state index contributed by atoms with van der Waals surface area (Å²) in [5, 5.41) is 3.26. The van der Waals surface area contributed by atoms with Crippen LogP contribution in [0.25, 0.3) is 0 Å². The van der Waals surface area contributed by atoms with Crippen LogP contribution in [0.3, 0.4) is 0 Å². The fourth-order valence-electron chi connectivity index (χ4n) is 3.41. The number of carbonyl (C=O) groups excluding carboxylic acids is 1. The van der Waals surface area contributed by atoms with Crippen molar-refractivity contribution in [3.8, 4) is 0 Å². The van der Waals surface area contributed by atoms with Gasteiger partial charge in [-0.3, -0.25) is 4.79 Å². The van der Waals surface area contributed by atoms with Gasteiger partial charge in [0.15, 0.2) is 0 Å². The lowest BCUT2D eigenvalue weighted by molar-refractivity contribution is -0.128. The number of hydrogen-bond acceptors (Lipinski definition) is 6. The molecule has 0 aliphatic carbocycles. The Morgan fingerprint density at radius 1 is 1.15 bits per heavy atom. The Bertz CT molecular complexity index is 797. The first kappa shape index (κ1) is 18.0. The predicted molar refractivity (Wildman–Crippen MR) is 105 cm³/mol. The summed E-state index contributed by atoms with van der Waals surface area (Å²) in [4.78, 5) is 25.4. The van der Waals surface area contributed by atoms with Crippen LogP contribution < -0.4 is 10.2 Å². The predicted octanol–water partition coefficient (Wildman–Crippen LogP) is 2.38. The van der Waals surface area contributed by atoms with Crippen molar-refractivity contribution in [1.82, 2.24) is 14.9 Å². The zero-order valence-electron chi connectivity index (χ0n) is 15.0. The van der Waals surface area contributed by atoms with Crippen molar-refractivity contribution in [2.75, 3.05) is 41.4 Å². The SMILES string of the molecule is O=C1C(Nc2cc(N3CCSCC3)ncn2)CCN1Cc1ccc(F)cc1. The van der Waals surface area contributed by atoms with Gasteiger partial charge in [-0.25, -0.2) is 14.4 Å². The maximum atomic E-state index is 13.0. The second-order valence-electron chi connectivity index (χ2n) is 6.73. The highest BCUT2D eigenvalue weighted by Gasteiger charge is 2.31. The first-order valence-electron chi connectivity index (χ1n) is 9.13. The topological polar surface area (TPSA) is 61.4 Å². The van der Waals surface area contributed by atoms with Crippen LogP contribution in [0.15, 0.2) is 36.7 Å². The number of likely N-dealkylation sites (tertiary alicyclic amines) is 1. The lowest BCUT2D eigenvalue weighted by Gasteiger charge is -2.27. The van der Waals surface area contributed by atoms with E-state index in [1.54, 1.807) is 23.4 Å². The molecule has 142 valence electrons. The van der Waals surface area contributed by atoms with Gasteiger partial charge in [-0.05, 0) is 24.1 Å². The summed E-state index contributed by atoms with van der Waals surface area (Å²) in [7, 11) is 0. The molecule has 1 N–H and O–H groups in total. The van der Waals surface area contributed by atoms with Crippen molar-refractivity contribution in [1.29, 1.82) is 0 Å². The summed E-state index contributed by atoms with van der Waals surface area (Å²) in [5.74, 6) is 3.58. The van der Waals surface area contributed by atoms with Gasteiger partial charge in [0.1, 0.15) is 29.8 Å². The Labute approximate surface area is 162 Å². The van der Waals surface area contributed by atoms with Gasteiger partial charge in [-0.2, -0.15) is 11.8 Å². The average molecular weight is 387 g/mol. The van der Waals surface area contributed by atoms with Crippen molar-refractivity contribution in [2.45, 2.75) is 19.0 Å². The molecule has 1 amide bonds. The Hall–Kier alpha value is -2.35. The van der Waals surface area contributed by atoms with E-state index in [1.807, 2.05) is 17.8 Å². The average Bonchev–Trinajstić information content (AvgIpc) is 3.04. The summed E-state index contributed by atoms with van der Waals surface area (Å²) in [6, 6.07) is 7.92. The monoisotopic (exact) mass is 387 g/mol. The number of benzene rings is 1. The Balaban J connectivity index is 1.38. The zero-order chi connectivity index (χ0) is 18.6. The van der Waals surface area contributed by atoms with Crippen LogP contribution in [0, 0.1) is 5.82 Å². The normalized spacial score (nSPS) is 20.2. The molecule has 8 heteroatoms. The van der Waals surface area contributed by atoms with Crippen LogP contribution in [0.1, 0.15) is 12.0 Å². The third-order valence-corrected chi connectivity index (χ3v) is 5.84. The van der Waals surface area contributed by atoms with E-state index in [0.29, 0.717) is 18.9 Å². The van der Waals surface area contributed by atoms with E-state index in [1.165, 1.54) is 12.1 Å². The Morgan fingerprint density at radius 3 is 2.70 bits per heavy atom. The van der Waals surface area contributed by atoms with E-state index < -0.39 is 0 Å². The maximum Gasteiger partial charge on any atom is 0.245 e. The summed E-state index contributed by atoms with van der Waals surface area (Å²) in [6.07, 6.45) is 2.27. The van der Waals surface area contributed by atoms with E-state index in [0.717, 1.165) is 42.4 Å². The quantitative estimate of drug-likeness (QED) is 0.850. The smallest absolute Gasteiger partial charge is 0.245 e. The fourth-order valence-corrected chi connectivity index (χ4v) is 4.31. The molecule has 0 bridgehead atoms. The number of carbonyl (C=O) groups is 1. The van der Waals surface area contributed by atoms with Gasteiger partial charge in [0, 0.05) is 43.8 Å². The number of rotatable bonds is 5. The highest BCUT2D eigenvalue weighted by atomic mass is 32.2. The van der Waals surface area contributed by atoms with Crippen LogP contribution in [-0.4, -0.2) is 58.0 Å². The standard InChI is InChI=1S/C19H22FN5OS/c20-15-3-1-14(2-4-15)12-25-6-5-16(19(25)26)23-17-11-18(22-13-21-17)24-7-9-27-10-8-24/h1-4,11,13,16H,5-10,12H2,(H,21,22,23). The third-order valence-electron chi connectivity index (χ3n) is 4.89. The van der Waals surface area contributed by atoms with E-state index in [2.05, 4.69) is 20.2 Å². The van der Waals surface area contributed by atoms with E-state index in [-0.39, 0.29) is 17.8 Å². The first-order chi connectivity index (χ1) is 13.2. The number of nitrogens with one attached hydrogen (secondary N) is 1. The Kier molecular flexibility index (Phi) is 5.42. The third kappa shape index (κ3) is 4.32. The number of nitrogens with zero attached hydrogens (tertiary/aromatic N) is 4. The molecular formula is C19H22FN5OS. The minimum atomic E-state index is -0.287. The Morgan fingerprint density at radius 2 is 1.93 bits per heavy atom. The number of amides is 1. The molecule has 1 aromatic heterocycles. The number of halogens is 1. The first-order valence-corrected chi connectivity index (χ1v) is 10.3. The molecule has 2 aliphatic rings. The van der Waals surface area contributed by atoms with Crippen LogP contribution in [0.5, 0.6) is 0 Å². The number of thioether (sulfide) groups is 1. The maximum absolute atomic E-state index is 13.0. The van der Waals surface area contributed by atoms with Crippen LogP contribution in [0.2, 0.25) is 0 Å². The minimum Gasteiger partial charge on any atom is -0.358 e. The molecule has 2 aliphatic heterocycles. The summed E-state index contributed by atoms with van der Waals surface area (Å²) in [6.45, 7) is 3.14.